The van der Waals surface area contributed by atoms with E-state index >= 15 is 0 Å². The van der Waals surface area contributed by atoms with Gasteiger partial charge in [-0.3, -0.25) is 10.1 Å². The highest BCUT2D eigenvalue weighted by Crippen LogP contribution is 2.16. The molecule has 0 aromatic carbocycles. The number of urea groups is 1. The van der Waals surface area contributed by atoms with E-state index in [-0.39, 0.29) is 29.6 Å². The normalized spacial score (nSPS) is 17.7. The quantitative estimate of drug-likeness (QED) is 0.611. The number of rotatable bonds is 5. The second-order valence-electron chi connectivity index (χ2n) is 6.07. The maximum atomic E-state index is 12.0. The molecule has 3 amide bonds. The Labute approximate surface area is 151 Å². The molecule has 0 atom stereocenters. The van der Waals surface area contributed by atoms with Crippen LogP contribution in [0, 0.1) is 5.92 Å². The van der Waals surface area contributed by atoms with Crippen LogP contribution >= 0.6 is 0 Å². The molecule has 10 nitrogen and oxygen atoms in total. The fourth-order valence-corrected chi connectivity index (χ4v) is 3.01. The van der Waals surface area contributed by atoms with Crippen molar-refractivity contribution < 1.29 is 27.5 Å². The predicted molar refractivity (Wildman–Crippen MR) is 92.5 cm³/mol. The van der Waals surface area contributed by atoms with E-state index in [1.54, 1.807) is 0 Å². The fraction of sp³-hybridized carbons (Fsp3) is 0.467. The molecule has 0 radical (unpaired) electrons. The number of nitrogens with zero attached hydrogens (tertiary/aromatic N) is 2. The number of ether oxygens (including phenoxy) is 1. The predicted octanol–water partition coefficient (Wildman–Crippen LogP) is -0.491. The largest absolute Gasteiger partial charge is 0.452 e. The molecule has 0 bridgehead atoms. The highest BCUT2D eigenvalue weighted by molar-refractivity contribution is 7.90. The number of carbonyl (C=O) groups is 3. The summed E-state index contributed by atoms with van der Waals surface area (Å²) in [5, 5.41) is 4.55. The topological polar surface area (TPSA) is 134 Å². The minimum atomic E-state index is -3.48. The molecule has 2 rings (SSSR count). The van der Waals surface area contributed by atoms with Crippen molar-refractivity contribution in [3.05, 3.63) is 23.9 Å². The first-order valence-electron chi connectivity index (χ1n) is 7.90. The average Bonchev–Trinajstić information content (AvgIpc) is 2.56. The zero-order valence-corrected chi connectivity index (χ0v) is 15.2. The van der Waals surface area contributed by atoms with Gasteiger partial charge in [-0.1, -0.05) is 13.8 Å². The van der Waals surface area contributed by atoms with Crippen LogP contribution in [0.2, 0.25) is 0 Å². The second kappa shape index (κ2) is 8.13. The van der Waals surface area contributed by atoms with Crippen molar-refractivity contribution in [3.8, 4) is 0 Å². The van der Waals surface area contributed by atoms with Crippen molar-refractivity contribution in [2.75, 3.05) is 25.4 Å². The molecule has 2 N–H and O–H groups in total. The molecule has 2 heterocycles. The number of hydrogen-bond acceptors (Lipinski definition) is 7. The number of nitrogens with one attached hydrogen (secondary N) is 2. The van der Waals surface area contributed by atoms with E-state index in [4.69, 9.17) is 4.74 Å². The van der Waals surface area contributed by atoms with Gasteiger partial charge in [-0.25, -0.2) is 18.0 Å². The summed E-state index contributed by atoms with van der Waals surface area (Å²) in [5.74, 6) is -1.24. The van der Waals surface area contributed by atoms with E-state index in [0.29, 0.717) is 6.54 Å². The zero-order chi connectivity index (χ0) is 19.3. The standard InChI is InChI=1S/C15H20N4O6S/c1-10(2)7-16-15(22)17-13(20)9-25-14(21)11-3-4-12-18-26(23,24)6-5-19(12)8-11/h3-4,8,10H,5-7,9H2,1-2H3,(H2,16,17,20,22). The molecule has 0 fully saturated rings. The van der Waals surface area contributed by atoms with Gasteiger partial charge in [-0.15, -0.1) is 4.40 Å². The van der Waals surface area contributed by atoms with Gasteiger partial charge in [0.1, 0.15) is 5.84 Å². The van der Waals surface area contributed by atoms with Gasteiger partial charge in [0.15, 0.2) is 6.61 Å². The lowest BCUT2D eigenvalue weighted by atomic mass is 10.2. The molecular weight excluding hydrogens is 364 g/mol. The van der Waals surface area contributed by atoms with Gasteiger partial charge in [0, 0.05) is 19.3 Å². The third kappa shape index (κ3) is 5.69. The zero-order valence-electron chi connectivity index (χ0n) is 14.4. The van der Waals surface area contributed by atoms with Crippen molar-refractivity contribution in [1.82, 2.24) is 15.5 Å². The van der Waals surface area contributed by atoms with Crippen molar-refractivity contribution in [3.63, 3.8) is 0 Å². The number of fused-ring (bicyclic) bond motifs is 1. The van der Waals surface area contributed by atoms with Crippen molar-refractivity contribution in [1.29, 1.82) is 0 Å². The second-order valence-corrected chi connectivity index (χ2v) is 7.83. The van der Waals surface area contributed by atoms with Gasteiger partial charge in [-0.2, -0.15) is 0 Å². The Morgan fingerprint density at radius 1 is 1.31 bits per heavy atom. The minimum absolute atomic E-state index is 0.139. The Morgan fingerprint density at radius 3 is 2.73 bits per heavy atom. The van der Waals surface area contributed by atoms with Crippen LogP contribution in [0.15, 0.2) is 28.3 Å². The summed E-state index contributed by atoms with van der Waals surface area (Å²) in [4.78, 5) is 36.6. The van der Waals surface area contributed by atoms with E-state index in [0.717, 1.165) is 0 Å². The lowest BCUT2D eigenvalue weighted by Crippen LogP contribution is -2.42. The maximum absolute atomic E-state index is 12.0. The molecule has 0 unspecified atom stereocenters. The Bertz CT molecular complexity index is 797. The van der Waals surface area contributed by atoms with Gasteiger partial charge in [0.05, 0.1) is 11.3 Å². The molecule has 0 saturated carbocycles. The maximum Gasteiger partial charge on any atom is 0.340 e. The Kier molecular flexibility index (Phi) is 6.14. The van der Waals surface area contributed by atoms with E-state index < -0.39 is 34.5 Å². The molecule has 2 aliphatic rings. The highest BCUT2D eigenvalue weighted by Gasteiger charge is 2.25. The molecule has 2 aliphatic heterocycles. The number of imide groups is 1. The van der Waals surface area contributed by atoms with Crippen LogP contribution in [0.1, 0.15) is 13.8 Å². The van der Waals surface area contributed by atoms with Gasteiger partial charge in [0.25, 0.3) is 15.9 Å². The van der Waals surface area contributed by atoms with Crippen LogP contribution in [0.25, 0.3) is 0 Å². The highest BCUT2D eigenvalue weighted by atomic mass is 32.2. The summed E-state index contributed by atoms with van der Waals surface area (Å²) in [6.45, 7) is 3.77. The summed E-state index contributed by atoms with van der Waals surface area (Å²) in [5.41, 5.74) is 0.139. The van der Waals surface area contributed by atoms with Crippen LogP contribution in [-0.4, -0.2) is 62.5 Å². The third-order valence-electron chi connectivity index (χ3n) is 3.32. The number of carbonyl (C=O) groups excluding carboxylic acids is 3. The van der Waals surface area contributed by atoms with Crippen molar-refractivity contribution >= 4 is 33.8 Å². The van der Waals surface area contributed by atoms with E-state index in [2.05, 4.69) is 9.71 Å². The lowest BCUT2D eigenvalue weighted by Gasteiger charge is -2.26. The first kappa shape index (κ1) is 19.6. The van der Waals surface area contributed by atoms with Crippen LogP contribution in [0.3, 0.4) is 0 Å². The average molecular weight is 384 g/mol. The van der Waals surface area contributed by atoms with Crippen LogP contribution in [0.4, 0.5) is 4.79 Å². The summed E-state index contributed by atoms with van der Waals surface area (Å²) < 4.78 is 31.3. The molecular formula is C15H20N4O6S. The third-order valence-corrected chi connectivity index (χ3v) is 4.48. The Hall–Kier alpha value is -2.69. The number of hydrogen-bond donors (Lipinski definition) is 2. The summed E-state index contributed by atoms with van der Waals surface area (Å²) in [7, 11) is -3.48. The Balaban J connectivity index is 1.84. The summed E-state index contributed by atoms with van der Waals surface area (Å²) in [6, 6.07) is -0.660. The monoisotopic (exact) mass is 384 g/mol. The van der Waals surface area contributed by atoms with Gasteiger partial charge in [0.2, 0.25) is 0 Å². The molecule has 0 aromatic rings. The summed E-state index contributed by atoms with van der Waals surface area (Å²) >= 11 is 0. The first-order chi connectivity index (χ1) is 12.2. The number of esters is 1. The SMILES string of the molecule is CC(C)CNC(=O)NC(=O)COC(=O)C1=CN2CCS(=O)(=O)N=C2C=C1. The number of amidine groups is 1. The lowest BCUT2D eigenvalue weighted by molar-refractivity contribution is -0.144. The Morgan fingerprint density at radius 2 is 2.04 bits per heavy atom. The van der Waals surface area contributed by atoms with Gasteiger partial charge >= 0.3 is 12.0 Å². The molecule has 0 saturated heterocycles. The molecule has 26 heavy (non-hydrogen) atoms. The fourth-order valence-electron chi connectivity index (χ4n) is 2.04. The van der Waals surface area contributed by atoms with Crippen molar-refractivity contribution in [2.24, 2.45) is 10.3 Å². The molecule has 0 spiro atoms. The molecule has 0 aliphatic carbocycles. The van der Waals surface area contributed by atoms with Crippen LogP contribution < -0.4 is 10.6 Å². The van der Waals surface area contributed by atoms with Crippen molar-refractivity contribution in [2.45, 2.75) is 13.8 Å². The minimum Gasteiger partial charge on any atom is -0.452 e. The van der Waals surface area contributed by atoms with E-state index in [1.165, 1.54) is 23.3 Å². The van der Waals surface area contributed by atoms with Gasteiger partial charge < -0.3 is 15.0 Å². The van der Waals surface area contributed by atoms with Crippen LogP contribution in [-0.2, 0) is 24.3 Å². The summed E-state index contributed by atoms with van der Waals surface area (Å²) in [6.07, 6.45) is 4.14. The first-order valence-corrected chi connectivity index (χ1v) is 9.51. The molecule has 11 heteroatoms. The molecule has 0 aromatic heterocycles. The van der Waals surface area contributed by atoms with Gasteiger partial charge in [-0.05, 0) is 18.1 Å². The van der Waals surface area contributed by atoms with Crippen LogP contribution in [0.5, 0.6) is 0 Å². The van der Waals surface area contributed by atoms with E-state index in [9.17, 15) is 22.8 Å². The number of sulfonamides is 1. The smallest absolute Gasteiger partial charge is 0.340 e. The van der Waals surface area contributed by atoms with E-state index in [1.807, 2.05) is 19.2 Å². The number of amides is 3. The molecule has 142 valence electrons.